The summed E-state index contributed by atoms with van der Waals surface area (Å²) >= 11 is 2.58. The van der Waals surface area contributed by atoms with Crippen molar-refractivity contribution < 1.29 is 9.90 Å². The van der Waals surface area contributed by atoms with E-state index in [-0.39, 0.29) is 10.4 Å². The quantitative estimate of drug-likeness (QED) is 0.906. The number of aromatic amines is 1. The molecule has 2 aromatic rings. The number of H-pyrrole nitrogens is 1. The minimum atomic E-state index is -1.03. The van der Waals surface area contributed by atoms with E-state index in [0.29, 0.717) is 21.6 Å². The highest BCUT2D eigenvalue weighted by Crippen LogP contribution is 2.28. The van der Waals surface area contributed by atoms with Crippen molar-refractivity contribution in [1.29, 1.82) is 0 Å². The van der Waals surface area contributed by atoms with Crippen LogP contribution in [0.25, 0.3) is 15.8 Å². The lowest BCUT2D eigenvalue weighted by Crippen LogP contribution is -2.11. The lowest BCUT2D eigenvalue weighted by Gasteiger charge is -2.03. The first-order valence-corrected chi connectivity index (χ1v) is 8.09. The fourth-order valence-corrected chi connectivity index (χ4v) is 3.53. The van der Waals surface area contributed by atoms with Gasteiger partial charge in [-0.2, -0.15) is 0 Å². The molecule has 0 aliphatic rings. The first-order chi connectivity index (χ1) is 9.49. The number of thioether (sulfide) groups is 1. The van der Waals surface area contributed by atoms with Gasteiger partial charge in [-0.25, -0.2) is 9.78 Å². The van der Waals surface area contributed by atoms with Gasteiger partial charge in [-0.15, -0.1) is 23.1 Å². The molecule has 0 fully saturated rings. The van der Waals surface area contributed by atoms with Crippen molar-refractivity contribution in [2.75, 3.05) is 6.26 Å². The van der Waals surface area contributed by atoms with Crippen LogP contribution >= 0.6 is 23.1 Å². The third-order valence-corrected chi connectivity index (χ3v) is 4.63. The number of rotatable bonds is 4. The van der Waals surface area contributed by atoms with Gasteiger partial charge in [-0.05, 0) is 30.6 Å². The molecule has 0 bridgehead atoms. The molecule has 0 radical (unpaired) electrons. The Morgan fingerprint density at radius 2 is 2.25 bits per heavy atom. The molecule has 0 aromatic carbocycles. The van der Waals surface area contributed by atoms with Crippen molar-refractivity contribution >= 4 is 44.9 Å². The van der Waals surface area contributed by atoms with Gasteiger partial charge in [0.05, 0.1) is 5.39 Å². The van der Waals surface area contributed by atoms with Gasteiger partial charge in [0, 0.05) is 5.57 Å². The van der Waals surface area contributed by atoms with Crippen molar-refractivity contribution in [2.45, 2.75) is 20.3 Å². The maximum absolute atomic E-state index is 12.2. The summed E-state index contributed by atoms with van der Waals surface area (Å²) < 4.78 is 0. The van der Waals surface area contributed by atoms with E-state index in [2.05, 4.69) is 9.97 Å². The number of fused-ring (bicyclic) bond motifs is 1. The Morgan fingerprint density at radius 1 is 1.55 bits per heavy atom. The van der Waals surface area contributed by atoms with E-state index in [4.69, 9.17) is 5.11 Å². The van der Waals surface area contributed by atoms with E-state index < -0.39 is 5.97 Å². The number of nitrogens with zero attached hydrogens (tertiary/aromatic N) is 1. The Labute approximate surface area is 123 Å². The summed E-state index contributed by atoms with van der Waals surface area (Å²) in [4.78, 5) is 31.1. The predicted octanol–water partition coefficient (Wildman–Crippen LogP) is 3.11. The van der Waals surface area contributed by atoms with Crippen LogP contribution < -0.4 is 5.56 Å². The molecular formula is C13H14N2O3S2. The standard InChI is InChI=1S/C13H14N2O3S2/c1-4-7(5-19-3)10-14-11(16)8-6(2)9(13(17)18)20-12(8)15-10/h5H,4H2,1-3H3,(H,17,18)(H,14,15,16)/b7-5+. The van der Waals surface area contributed by atoms with E-state index in [9.17, 15) is 9.59 Å². The molecule has 0 unspecified atom stereocenters. The topological polar surface area (TPSA) is 83.0 Å². The van der Waals surface area contributed by atoms with Gasteiger partial charge in [0.25, 0.3) is 5.56 Å². The zero-order chi connectivity index (χ0) is 14.9. The first kappa shape index (κ1) is 14.8. The van der Waals surface area contributed by atoms with Crippen molar-refractivity contribution in [2.24, 2.45) is 0 Å². The fraction of sp³-hybridized carbons (Fsp3) is 0.308. The smallest absolute Gasteiger partial charge is 0.346 e. The number of aryl methyl sites for hydroxylation is 1. The highest BCUT2D eigenvalue weighted by atomic mass is 32.2. The normalized spacial score (nSPS) is 12.1. The minimum Gasteiger partial charge on any atom is -0.477 e. The highest BCUT2D eigenvalue weighted by molar-refractivity contribution is 8.01. The lowest BCUT2D eigenvalue weighted by atomic mass is 10.2. The number of carboxylic acid groups (broad SMARTS) is 1. The largest absolute Gasteiger partial charge is 0.477 e. The summed E-state index contributed by atoms with van der Waals surface area (Å²) in [6.45, 7) is 3.62. The minimum absolute atomic E-state index is 0.169. The number of thiophene rings is 1. The molecule has 0 saturated carbocycles. The number of carboxylic acids is 1. The van der Waals surface area contributed by atoms with Gasteiger partial charge >= 0.3 is 5.97 Å². The molecule has 0 atom stereocenters. The molecule has 0 spiro atoms. The Balaban J connectivity index is 2.73. The van der Waals surface area contributed by atoms with Crippen LogP contribution in [0.2, 0.25) is 0 Å². The number of nitrogens with one attached hydrogen (secondary N) is 1. The second-order valence-corrected chi connectivity index (χ2v) is 5.89. The lowest BCUT2D eigenvalue weighted by molar-refractivity contribution is 0.0701. The van der Waals surface area contributed by atoms with Gasteiger partial charge < -0.3 is 10.1 Å². The number of hydrogen-bond acceptors (Lipinski definition) is 5. The summed E-state index contributed by atoms with van der Waals surface area (Å²) in [6.07, 6.45) is 2.68. The number of aromatic nitrogens is 2. The molecule has 5 nitrogen and oxygen atoms in total. The van der Waals surface area contributed by atoms with Gasteiger partial charge in [0.15, 0.2) is 0 Å². The summed E-state index contributed by atoms with van der Waals surface area (Å²) in [5.74, 6) is -0.514. The van der Waals surface area contributed by atoms with Gasteiger partial charge in [0.1, 0.15) is 15.5 Å². The maximum atomic E-state index is 12.2. The third-order valence-electron chi connectivity index (χ3n) is 2.94. The second kappa shape index (κ2) is 5.80. The Morgan fingerprint density at radius 3 is 2.80 bits per heavy atom. The van der Waals surface area contributed by atoms with Crippen LogP contribution in [0.15, 0.2) is 10.2 Å². The molecule has 0 aliphatic heterocycles. The van der Waals surface area contributed by atoms with Gasteiger partial charge in [-0.1, -0.05) is 6.92 Å². The number of aromatic carboxylic acids is 1. The molecule has 0 saturated heterocycles. The number of hydrogen-bond donors (Lipinski definition) is 2. The van der Waals surface area contributed by atoms with Crippen LogP contribution in [0.5, 0.6) is 0 Å². The monoisotopic (exact) mass is 310 g/mol. The fourth-order valence-electron chi connectivity index (χ4n) is 1.95. The van der Waals surface area contributed by atoms with Crippen molar-refractivity contribution in [3.8, 4) is 0 Å². The van der Waals surface area contributed by atoms with E-state index in [1.54, 1.807) is 6.92 Å². The molecule has 0 aliphatic carbocycles. The second-order valence-electron chi connectivity index (χ2n) is 4.19. The van der Waals surface area contributed by atoms with Gasteiger partial charge in [-0.3, -0.25) is 4.79 Å². The molecular weight excluding hydrogens is 296 g/mol. The Hall–Kier alpha value is -1.60. The molecule has 2 heterocycles. The summed E-state index contributed by atoms with van der Waals surface area (Å²) in [5, 5.41) is 11.4. The van der Waals surface area contributed by atoms with Crippen LogP contribution in [0.3, 0.4) is 0 Å². The first-order valence-electron chi connectivity index (χ1n) is 5.98. The zero-order valence-electron chi connectivity index (χ0n) is 11.3. The van der Waals surface area contributed by atoms with E-state index in [1.807, 2.05) is 18.6 Å². The molecule has 0 amide bonds. The average Bonchev–Trinajstić information content (AvgIpc) is 2.73. The van der Waals surface area contributed by atoms with E-state index >= 15 is 0 Å². The molecule has 2 N–H and O–H groups in total. The van der Waals surface area contributed by atoms with Crippen molar-refractivity contribution in [1.82, 2.24) is 9.97 Å². The molecule has 2 aromatic heterocycles. The average molecular weight is 310 g/mol. The Kier molecular flexibility index (Phi) is 4.29. The van der Waals surface area contributed by atoms with Crippen molar-refractivity contribution in [3.05, 3.63) is 32.0 Å². The van der Waals surface area contributed by atoms with Crippen LogP contribution in [0.4, 0.5) is 0 Å². The van der Waals surface area contributed by atoms with Crippen LogP contribution in [0, 0.1) is 6.92 Å². The molecule has 2 rings (SSSR count). The van der Waals surface area contributed by atoms with Crippen LogP contribution in [-0.4, -0.2) is 27.3 Å². The van der Waals surface area contributed by atoms with Crippen LogP contribution in [0.1, 0.15) is 34.4 Å². The zero-order valence-corrected chi connectivity index (χ0v) is 12.9. The van der Waals surface area contributed by atoms with Crippen LogP contribution in [-0.2, 0) is 0 Å². The number of allylic oxidation sites excluding steroid dienone is 1. The summed E-state index contributed by atoms with van der Waals surface area (Å²) in [7, 11) is 0. The summed E-state index contributed by atoms with van der Waals surface area (Å²) in [5.41, 5.74) is 1.12. The Bertz CT molecular complexity index is 759. The molecule has 7 heteroatoms. The molecule has 20 heavy (non-hydrogen) atoms. The van der Waals surface area contributed by atoms with Crippen molar-refractivity contribution in [3.63, 3.8) is 0 Å². The molecule has 106 valence electrons. The highest BCUT2D eigenvalue weighted by Gasteiger charge is 2.19. The van der Waals surface area contributed by atoms with Gasteiger partial charge in [0.2, 0.25) is 0 Å². The predicted molar refractivity (Wildman–Crippen MR) is 83.7 cm³/mol. The maximum Gasteiger partial charge on any atom is 0.346 e. The van der Waals surface area contributed by atoms with E-state index in [1.165, 1.54) is 11.8 Å². The summed E-state index contributed by atoms with van der Waals surface area (Å²) in [6, 6.07) is 0. The SMILES string of the molecule is CC/C(=C\SC)c1nc2sc(C(=O)O)c(C)c2c(=O)[nH]1. The van der Waals surface area contributed by atoms with E-state index in [0.717, 1.165) is 23.3 Å². The third kappa shape index (κ3) is 2.51. The number of carbonyl (C=O) groups is 1.